The van der Waals surface area contributed by atoms with Crippen molar-refractivity contribution in [1.82, 2.24) is 4.31 Å². The fourth-order valence-electron chi connectivity index (χ4n) is 1.66. The van der Waals surface area contributed by atoms with Crippen LogP contribution in [0.15, 0.2) is 33.6 Å². The van der Waals surface area contributed by atoms with Crippen LogP contribution >= 0.6 is 15.9 Å². The highest BCUT2D eigenvalue weighted by atomic mass is 79.9. The second-order valence-corrected chi connectivity index (χ2v) is 6.73. The van der Waals surface area contributed by atoms with Gasteiger partial charge >= 0.3 is 0 Å². The average Bonchev–Trinajstić information content (AvgIpc) is 2.29. The van der Waals surface area contributed by atoms with E-state index in [1.807, 2.05) is 20.8 Å². The molecule has 17 heavy (non-hydrogen) atoms. The van der Waals surface area contributed by atoms with Crippen LogP contribution in [0.1, 0.15) is 27.2 Å². The molecule has 0 aliphatic rings. The molecule has 0 saturated heterocycles. The summed E-state index contributed by atoms with van der Waals surface area (Å²) in [6.45, 7) is 6.28. The number of sulfonamides is 1. The van der Waals surface area contributed by atoms with Crippen LogP contribution in [0.5, 0.6) is 0 Å². The number of halogens is 1. The highest BCUT2D eigenvalue weighted by Gasteiger charge is 2.26. The fourth-order valence-corrected chi connectivity index (χ4v) is 3.64. The molecule has 0 spiro atoms. The molecule has 0 fully saturated rings. The fraction of sp³-hybridized carbons (Fsp3) is 0.500. The van der Waals surface area contributed by atoms with Crippen molar-refractivity contribution in [3.05, 3.63) is 28.7 Å². The van der Waals surface area contributed by atoms with Crippen molar-refractivity contribution in [2.45, 2.75) is 38.1 Å². The van der Waals surface area contributed by atoms with Gasteiger partial charge in [-0.3, -0.25) is 0 Å². The van der Waals surface area contributed by atoms with E-state index >= 15 is 0 Å². The largest absolute Gasteiger partial charge is 0.243 e. The Morgan fingerprint density at radius 2 is 1.76 bits per heavy atom. The summed E-state index contributed by atoms with van der Waals surface area (Å²) in [5.41, 5.74) is 0. The molecule has 0 amide bonds. The Morgan fingerprint density at radius 3 is 2.18 bits per heavy atom. The van der Waals surface area contributed by atoms with E-state index in [9.17, 15) is 8.42 Å². The van der Waals surface area contributed by atoms with Crippen molar-refractivity contribution in [3.8, 4) is 0 Å². The topological polar surface area (TPSA) is 37.4 Å². The Bertz CT molecular complexity index is 456. The predicted octanol–water partition coefficient (Wildman–Crippen LogP) is 3.26. The summed E-state index contributed by atoms with van der Waals surface area (Å²) in [5, 5.41) is 0. The van der Waals surface area contributed by atoms with Gasteiger partial charge in [0.2, 0.25) is 10.0 Å². The third kappa shape index (κ3) is 3.30. The first-order chi connectivity index (χ1) is 7.93. The smallest absolute Gasteiger partial charge is 0.207 e. The van der Waals surface area contributed by atoms with E-state index < -0.39 is 10.0 Å². The van der Waals surface area contributed by atoms with Gasteiger partial charge in [-0.15, -0.1) is 0 Å². The first kappa shape index (κ1) is 14.7. The SMILES string of the molecule is CCC(C)N(CC)S(=O)(=O)c1ccc(Br)cc1. The molecule has 0 bridgehead atoms. The van der Waals surface area contributed by atoms with Gasteiger partial charge in [0.1, 0.15) is 0 Å². The molecule has 5 heteroatoms. The first-order valence-electron chi connectivity index (χ1n) is 5.70. The van der Waals surface area contributed by atoms with E-state index in [1.54, 1.807) is 24.3 Å². The number of hydrogen-bond acceptors (Lipinski definition) is 2. The summed E-state index contributed by atoms with van der Waals surface area (Å²) in [5.74, 6) is 0. The predicted molar refractivity (Wildman–Crippen MR) is 73.5 cm³/mol. The Kier molecular flexibility index (Phi) is 5.16. The monoisotopic (exact) mass is 319 g/mol. The molecule has 3 nitrogen and oxygen atoms in total. The van der Waals surface area contributed by atoms with E-state index in [-0.39, 0.29) is 6.04 Å². The quantitative estimate of drug-likeness (QED) is 0.835. The van der Waals surface area contributed by atoms with Gasteiger partial charge in [0.25, 0.3) is 0 Å². The summed E-state index contributed by atoms with van der Waals surface area (Å²) in [6, 6.07) is 6.78. The minimum Gasteiger partial charge on any atom is -0.207 e. The molecule has 1 atom stereocenters. The Balaban J connectivity index is 3.13. The van der Waals surface area contributed by atoms with Gasteiger partial charge < -0.3 is 0 Å². The van der Waals surface area contributed by atoms with E-state index in [2.05, 4.69) is 15.9 Å². The first-order valence-corrected chi connectivity index (χ1v) is 7.94. The molecule has 0 N–H and O–H groups in total. The maximum atomic E-state index is 12.4. The van der Waals surface area contributed by atoms with Crippen LogP contribution in [-0.4, -0.2) is 25.3 Å². The summed E-state index contributed by atoms with van der Waals surface area (Å²) in [6.07, 6.45) is 0.809. The van der Waals surface area contributed by atoms with Crippen molar-refractivity contribution >= 4 is 26.0 Å². The molecule has 1 unspecified atom stereocenters. The number of hydrogen-bond donors (Lipinski definition) is 0. The Labute approximate surface area is 112 Å². The molecule has 0 aliphatic heterocycles. The lowest BCUT2D eigenvalue weighted by atomic mass is 10.3. The average molecular weight is 320 g/mol. The minimum atomic E-state index is -3.37. The summed E-state index contributed by atoms with van der Waals surface area (Å²) in [4.78, 5) is 0.350. The minimum absolute atomic E-state index is 0.0219. The zero-order valence-corrected chi connectivity index (χ0v) is 12.8. The molecule has 0 heterocycles. The lowest BCUT2D eigenvalue weighted by molar-refractivity contribution is 0.342. The molecule has 0 aliphatic carbocycles. The second-order valence-electron chi connectivity index (χ2n) is 3.92. The third-order valence-electron chi connectivity index (χ3n) is 2.81. The summed E-state index contributed by atoms with van der Waals surface area (Å²) < 4.78 is 27.2. The highest BCUT2D eigenvalue weighted by molar-refractivity contribution is 9.10. The summed E-state index contributed by atoms with van der Waals surface area (Å²) in [7, 11) is -3.37. The molecular weight excluding hydrogens is 302 g/mol. The van der Waals surface area contributed by atoms with Crippen molar-refractivity contribution < 1.29 is 8.42 Å². The number of nitrogens with zero attached hydrogens (tertiary/aromatic N) is 1. The molecular formula is C12H18BrNO2S. The normalized spacial score (nSPS) is 13.9. The van der Waals surface area contributed by atoms with Gasteiger partial charge in [0.15, 0.2) is 0 Å². The van der Waals surface area contributed by atoms with E-state index in [4.69, 9.17) is 0 Å². The Morgan fingerprint density at radius 1 is 1.24 bits per heavy atom. The van der Waals surface area contributed by atoms with Crippen LogP contribution < -0.4 is 0 Å². The van der Waals surface area contributed by atoms with Gasteiger partial charge in [-0.2, -0.15) is 4.31 Å². The van der Waals surface area contributed by atoms with Crippen molar-refractivity contribution in [2.24, 2.45) is 0 Å². The van der Waals surface area contributed by atoms with E-state index in [0.717, 1.165) is 10.9 Å². The zero-order valence-electron chi connectivity index (χ0n) is 10.4. The van der Waals surface area contributed by atoms with Gasteiger partial charge in [-0.1, -0.05) is 29.8 Å². The van der Waals surface area contributed by atoms with Crippen molar-refractivity contribution in [2.75, 3.05) is 6.54 Å². The van der Waals surface area contributed by atoms with Crippen molar-refractivity contribution in [3.63, 3.8) is 0 Å². The Hall–Kier alpha value is -0.390. The molecule has 1 rings (SSSR count). The van der Waals surface area contributed by atoms with Crippen LogP contribution in [0.2, 0.25) is 0 Å². The van der Waals surface area contributed by atoms with Gasteiger partial charge in [-0.05, 0) is 37.6 Å². The summed E-state index contributed by atoms with van der Waals surface area (Å²) >= 11 is 3.30. The second kappa shape index (κ2) is 5.98. The third-order valence-corrected chi connectivity index (χ3v) is 5.45. The van der Waals surface area contributed by atoms with Crippen LogP contribution in [-0.2, 0) is 10.0 Å². The molecule has 0 saturated carbocycles. The van der Waals surface area contributed by atoms with Crippen molar-refractivity contribution in [1.29, 1.82) is 0 Å². The molecule has 1 aromatic carbocycles. The van der Waals surface area contributed by atoms with E-state index in [0.29, 0.717) is 11.4 Å². The molecule has 1 aromatic rings. The van der Waals surface area contributed by atoms with E-state index in [1.165, 1.54) is 4.31 Å². The van der Waals surface area contributed by atoms with Gasteiger partial charge in [-0.25, -0.2) is 8.42 Å². The van der Waals surface area contributed by atoms with Crippen LogP contribution in [0, 0.1) is 0 Å². The maximum absolute atomic E-state index is 12.4. The number of benzene rings is 1. The maximum Gasteiger partial charge on any atom is 0.243 e. The highest BCUT2D eigenvalue weighted by Crippen LogP contribution is 2.21. The van der Waals surface area contributed by atoms with Crippen LogP contribution in [0.25, 0.3) is 0 Å². The van der Waals surface area contributed by atoms with Gasteiger partial charge in [0.05, 0.1) is 4.90 Å². The standard InChI is InChI=1S/C12H18BrNO2S/c1-4-10(3)14(5-2)17(15,16)12-8-6-11(13)7-9-12/h6-10H,4-5H2,1-3H3. The zero-order chi connectivity index (χ0) is 13.1. The number of rotatable bonds is 5. The van der Waals surface area contributed by atoms with Crippen LogP contribution in [0.4, 0.5) is 0 Å². The molecule has 0 radical (unpaired) electrons. The lowest BCUT2D eigenvalue weighted by Gasteiger charge is -2.26. The molecule has 96 valence electrons. The van der Waals surface area contributed by atoms with Crippen LogP contribution in [0.3, 0.4) is 0 Å². The molecule has 0 aromatic heterocycles. The van der Waals surface area contributed by atoms with Gasteiger partial charge in [0, 0.05) is 17.1 Å². The lowest BCUT2D eigenvalue weighted by Crippen LogP contribution is -2.38.